The zero-order valence-electron chi connectivity index (χ0n) is 13.6. The number of rotatable bonds is 4. The second kappa shape index (κ2) is 7.71. The molecule has 8 nitrogen and oxygen atoms in total. The molecule has 1 aromatic carbocycles. The fourth-order valence-electron chi connectivity index (χ4n) is 3.02. The van der Waals surface area contributed by atoms with E-state index in [1.807, 2.05) is 30.5 Å². The number of nitrogens with zero attached hydrogens (tertiary/aromatic N) is 2. The van der Waals surface area contributed by atoms with E-state index in [0.29, 0.717) is 19.5 Å². The highest BCUT2D eigenvalue weighted by molar-refractivity contribution is 7.86. The maximum atomic E-state index is 12.5. The Morgan fingerprint density at radius 1 is 1.20 bits per heavy atom. The third-order valence-corrected chi connectivity index (χ3v) is 5.43. The minimum atomic E-state index is -3.70. The highest BCUT2D eigenvalue weighted by atomic mass is 35.5. The molecule has 2 heterocycles. The van der Waals surface area contributed by atoms with Crippen LogP contribution in [-0.4, -0.2) is 60.7 Å². The summed E-state index contributed by atoms with van der Waals surface area (Å²) in [5.74, 6) is -0.172. The molecule has 0 spiro atoms. The Balaban J connectivity index is 0.00000225. The molecule has 0 radical (unpaired) electrons. The molecule has 25 heavy (non-hydrogen) atoms. The molecule has 0 saturated carbocycles. The molecule has 1 amide bonds. The summed E-state index contributed by atoms with van der Waals surface area (Å²) in [6.45, 7) is 1.00. The highest BCUT2D eigenvalue weighted by Gasteiger charge is 2.29. The molecule has 0 unspecified atom stereocenters. The number of nitrogens with one attached hydrogen (secondary N) is 1. The monoisotopic (exact) mass is 387 g/mol. The smallest absolute Gasteiger partial charge is 0.277 e. The van der Waals surface area contributed by atoms with Gasteiger partial charge in [0, 0.05) is 43.3 Å². The number of fused-ring (bicyclic) bond motifs is 1. The van der Waals surface area contributed by atoms with Gasteiger partial charge in [0.25, 0.3) is 10.2 Å². The number of aromatic amines is 1. The number of halogens is 1. The second-order valence-electron chi connectivity index (χ2n) is 5.94. The van der Waals surface area contributed by atoms with E-state index in [-0.39, 0.29) is 31.4 Å². The van der Waals surface area contributed by atoms with Gasteiger partial charge in [0.1, 0.15) is 0 Å². The number of hydrogen-bond donors (Lipinski definition) is 3. The van der Waals surface area contributed by atoms with E-state index in [4.69, 9.17) is 10.9 Å². The van der Waals surface area contributed by atoms with Gasteiger partial charge in [0.15, 0.2) is 0 Å². The molecule has 0 bridgehead atoms. The van der Waals surface area contributed by atoms with Crippen molar-refractivity contribution in [2.75, 3.05) is 26.2 Å². The van der Waals surface area contributed by atoms with Crippen molar-refractivity contribution in [1.29, 1.82) is 0 Å². The fourth-order valence-corrected chi connectivity index (χ4v) is 3.69. The number of amides is 1. The molecule has 5 N–H and O–H groups in total. The Labute approximate surface area is 152 Å². The minimum Gasteiger partial charge on any atom is -0.361 e. The molecule has 3 rings (SSSR count). The summed E-state index contributed by atoms with van der Waals surface area (Å²) in [6.07, 6.45) is 2.30. The van der Waals surface area contributed by atoms with E-state index in [2.05, 4.69) is 4.98 Å². The van der Waals surface area contributed by atoms with E-state index in [0.717, 1.165) is 16.5 Å². The van der Waals surface area contributed by atoms with Gasteiger partial charge in [-0.25, -0.2) is 5.14 Å². The first kappa shape index (κ1) is 19.7. The number of carbonyl (C=O) groups is 1. The van der Waals surface area contributed by atoms with E-state index < -0.39 is 16.3 Å². The molecule has 1 aliphatic heterocycles. The molecule has 0 aliphatic carbocycles. The van der Waals surface area contributed by atoms with E-state index in [1.165, 1.54) is 4.31 Å². The van der Waals surface area contributed by atoms with Crippen molar-refractivity contribution in [2.45, 2.75) is 12.5 Å². The number of nitrogens with two attached hydrogens (primary N) is 2. The van der Waals surface area contributed by atoms with Crippen LogP contribution in [0.1, 0.15) is 5.56 Å². The SMILES string of the molecule is Cl.N[C@@H](Cc1c[nH]c2ccccc12)C(=O)N1CCN(S(N)(=O)=O)CC1. The van der Waals surface area contributed by atoms with Crippen LogP contribution < -0.4 is 10.9 Å². The average molecular weight is 388 g/mol. The summed E-state index contributed by atoms with van der Waals surface area (Å²) in [5, 5.41) is 6.16. The van der Waals surface area contributed by atoms with Crippen LogP contribution >= 0.6 is 12.4 Å². The van der Waals surface area contributed by atoms with Gasteiger partial charge in [-0.15, -0.1) is 12.4 Å². The lowest BCUT2D eigenvalue weighted by molar-refractivity contribution is -0.133. The molecular weight excluding hydrogens is 366 g/mol. The van der Waals surface area contributed by atoms with E-state index >= 15 is 0 Å². The lowest BCUT2D eigenvalue weighted by Crippen LogP contribution is -2.55. The van der Waals surface area contributed by atoms with Gasteiger partial charge in [-0.1, -0.05) is 18.2 Å². The summed E-state index contributed by atoms with van der Waals surface area (Å²) in [6, 6.07) is 7.19. The van der Waals surface area contributed by atoms with Crippen LogP contribution in [0.2, 0.25) is 0 Å². The quantitative estimate of drug-likeness (QED) is 0.672. The van der Waals surface area contributed by atoms with Gasteiger partial charge in [0.05, 0.1) is 6.04 Å². The van der Waals surface area contributed by atoms with Crippen molar-refractivity contribution in [3.8, 4) is 0 Å². The van der Waals surface area contributed by atoms with E-state index in [9.17, 15) is 13.2 Å². The van der Waals surface area contributed by atoms with Gasteiger partial charge < -0.3 is 15.6 Å². The van der Waals surface area contributed by atoms with Gasteiger partial charge >= 0.3 is 0 Å². The third kappa shape index (κ3) is 4.31. The minimum absolute atomic E-state index is 0. The zero-order chi connectivity index (χ0) is 17.3. The zero-order valence-corrected chi connectivity index (χ0v) is 15.2. The van der Waals surface area contributed by atoms with Crippen LogP contribution in [0.5, 0.6) is 0 Å². The fraction of sp³-hybridized carbons (Fsp3) is 0.400. The topological polar surface area (TPSA) is 126 Å². The largest absolute Gasteiger partial charge is 0.361 e. The summed E-state index contributed by atoms with van der Waals surface area (Å²) in [4.78, 5) is 17.3. The van der Waals surface area contributed by atoms with Crippen molar-refractivity contribution in [3.63, 3.8) is 0 Å². The predicted octanol–water partition coefficient (Wildman–Crippen LogP) is -0.193. The van der Waals surface area contributed by atoms with Gasteiger partial charge in [-0.3, -0.25) is 4.79 Å². The second-order valence-corrected chi connectivity index (χ2v) is 7.49. The molecule has 138 valence electrons. The molecule has 1 saturated heterocycles. The number of hydrogen-bond acceptors (Lipinski definition) is 4. The summed E-state index contributed by atoms with van der Waals surface area (Å²) in [7, 11) is -3.70. The lowest BCUT2D eigenvalue weighted by Gasteiger charge is -2.34. The molecule has 2 aromatic rings. The number of aromatic nitrogens is 1. The molecule has 1 fully saturated rings. The van der Waals surface area contributed by atoms with Crippen LogP contribution in [0.4, 0.5) is 0 Å². The average Bonchev–Trinajstić information content (AvgIpc) is 2.96. The molecule has 1 atom stereocenters. The maximum absolute atomic E-state index is 12.5. The number of para-hydroxylation sites is 1. The molecule has 1 aliphatic rings. The first-order valence-corrected chi connectivity index (χ1v) is 9.24. The molecule has 1 aromatic heterocycles. The van der Waals surface area contributed by atoms with Crippen LogP contribution in [0.15, 0.2) is 30.5 Å². The molecular formula is C15H22ClN5O3S. The van der Waals surface area contributed by atoms with Crippen molar-refractivity contribution < 1.29 is 13.2 Å². The maximum Gasteiger partial charge on any atom is 0.277 e. The Morgan fingerprint density at radius 3 is 2.48 bits per heavy atom. The summed E-state index contributed by atoms with van der Waals surface area (Å²) < 4.78 is 23.8. The van der Waals surface area contributed by atoms with Crippen LogP contribution in [-0.2, 0) is 21.4 Å². The Morgan fingerprint density at radius 2 is 1.84 bits per heavy atom. The van der Waals surface area contributed by atoms with Gasteiger partial charge in [-0.2, -0.15) is 12.7 Å². The first-order chi connectivity index (χ1) is 11.4. The number of carbonyl (C=O) groups excluding carboxylic acids is 1. The van der Waals surface area contributed by atoms with Crippen molar-refractivity contribution in [3.05, 3.63) is 36.0 Å². The summed E-state index contributed by atoms with van der Waals surface area (Å²) in [5.41, 5.74) is 8.09. The number of benzene rings is 1. The van der Waals surface area contributed by atoms with Gasteiger partial charge in [0.2, 0.25) is 5.91 Å². The van der Waals surface area contributed by atoms with Gasteiger partial charge in [-0.05, 0) is 18.1 Å². The Bertz CT molecular complexity index is 846. The third-order valence-electron chi connectivity index (χ3n) is 4.34. The molecule has 10 heteroatoms. The van der Waals surface area contributed by atoms with Crippen molar-refractivity contribution >= 4 is 39.4 Å². The number of piperazine rings is 1. The highest BCUT2D eigenvalue weighted by Crippen LogP contribution is 2.19. The van der Waals surface area contributed by atoms with Crippen LogP contribution in [0.25, 0.3) is 10.9 Å². The Hall–Kier alpha value is -1.65. The number of H-pyrrole nitrogens is 1. The normalized spacial score (nSPS) is 17.3. The summed E-state index contributed by atoms with van der Waals surface area (Å²) >= 11 is 0. The van der Waals surface area contributed by atoms with E-state index in [1.54, 1.807) is 4.90 Å². The lowest BCUT2D eigenvalue weighted by atomic mass is 10.0. The Kier molecular flexibility index (Phi) is 6.07. The first-order valence-electron chi connectivity index (χ1n) is 7.73. The van der Waals surface area contributed by atoms with Crippen LogP contribution in [0, 0.1) is 0 Å². The van der Waals surface area contributed by atoms with Crippen molar-refractivity contribution in [2.24, 2.45) is 10.9 Å². The predicted molar refractivity (Wildman–Crippen MR) is 98.5 cm³/mol. The van der Waals surface area contributed by atoms with Crippen molar-refractivity contribution in [1.82, 2.24) is 14.2 Å². The standard InChI is InChI=1S/C15H21N5O3S.ClH/c16-13(9-11-10-18-14-4-2-1-3-12(11)14)15(21)19-5-7-20(8-6-19)24(17,22)23;/h1-4,10,13,18H,5-9,16H2,(H2,17,22,23);1H/t13-;/m0./s1. The van der Waals surface area contributed by atoms with Crippen LogP contribution in [0.3, 0.4) is 0 Å².